The lowest BCUT2D eigenvalue weighted by atomic mass is 10.1. The molecule has 30 heavy (non-hydrogen) atoms. The summed E-state index contributed by atoms with van der Waals surface area (Å²) in [6.07, 6.45) is -2.64. The SMILES string of the molecule is Fc1ccccc1-n1cc(-c2ccccc2)n(Cc2ccc(C(F)(F)F)cc2)c1=S. The number of hydrogen-bond acceptors (Lipinski definition) is 1. The molecule has 0 radical (unpaired) electrons. The van der Waals surface area contributed by atoms with Crippen molar-refractivity contribution in [3.05, 3.63) is 107 Å². The first-order valence-electron chi connectivity index (χ1n) is 9.13. The lowest BCUT2D eigenvalue weighted by Crippen LogP contribution is -2.07. The molecular formula is C23H16F4N2S. The molecule has 1 heterocycles. The van der Waals surface area contributed by atoms with Crippen molar-refractivity contribution in [3.63, 3.8) is 0 Å². The van der Waals surface area contributed by atoms with E-state index in [1.54, 1.807) is 33.5 Å². The highest BCUT2D eigenvalue weighted by molar-refractivity contribution is 7.71. The van der Waals surface area contributed by atoms with Gasteiger partial charge in [0.1, 0.15) is 5.82 Å². The Kier molecular flexibility index (Phi) is 5.30. The van der Waals surface area contributed by atoms with Crippen LogP contribution in [0.3, 0.4) is 0 Å². The Morgan fingerprint density at radius 2 is 1.43 bits per heavy atom. The quantitative estimate of drug-likeness (QED) is 0.254. The van der Waals surface area contributed by atoms with Gasteiger partial charge in [-0.3, -0.25) is 4.57 Å². The molecule has 0 amide bonds. The molecule has 0 unspecified atom stereocenters. The summed E-state index contributed by atoms with van der Waals surface area (Å²) in [5.41, 5.74) is 1.87. The first kappa shape index (κ1) is 20.1. The summed E-state index contributed by atoms with van der Waals surface area (Å²) in [4.78, 5) is 0. The van der Waals surface area contributed by atoms with E-state index >= 15 is 0 Å². The normalized spacial score (nSPS) is 11.6. The number of imidazole rings is 1. The van der Waals surface area contributed by atoms with Crippen molar-refractivity contribution in [1.29, 1.82) is 0 Å². The smallest absolute Gasteiger partial charge is 0.312 e. The van der Waals surface area contributed by atoms with Gasteiger partial charge in [0.15, 0.2) is 4.77 Å². The lowest BCUT2D eigenvalue weighted by Gasteiger charge is -2.11. The molecule has 4 rings (SSSR count). The monoisotopic (exact) mass is 428 g/mol. The lowest BCUT2D eigenvalue weighted by molar-refractivity contribution is -0.137. The number of alkyl halides is 3. The number of benzene rings is 3. The molecule has 152 valence electrons. The molecule has 0 saturated carbocycles. The molecule has 7 heteroatoms. The van der Waals surface area contributed by atoms with Crippen LogP contribution in [0, 0.1) is 10.6 Å². The van der Waals surface area contributed by atoms with Crippen molar-refractivity contribution in [2.24, 2.45) is 0 Å². The van der Waals surface area contributed by atoms with Gasteiger partial charge in [-0.25, -0.2) is 4.39 Å². The molecule has 0 aliphatic heterocycles. The number of hydrogen-bond donors (Lipinski definition) is 0. The predicted octanol–water partition coefficient (Wildman–Crippen LogP) is 6.88. The Morgan fingerprint density at radius 3 is 2.07 bits per heavy atom. The highest BCUT2D eigenvalue weighted by Crippen LogP contribution is 2.30. The summed E-state index contributed by atoms with van der Waals surface area (Å²) in [5, 5.41) is 0. The topological polar surface area (TPSA) is 9.86 Å². The zero-order valence-electron chi connectivity index (χ0n) is 15.6. The number of aromatic nitrogens is 2. The van der Waals surface area contributed by atoms with Gasteiger partial charge in [0.05, 0.1) is 23.5 Å². The van der Waals surface area contributed by atoms with Crippen molar-refractivity contribution in [2.75, 3.05) is 0 Å². The van der Waals surface area contributed by atoms with Gasteiger partial charge in [0.2, 0.25) is 0 Å². The van der Waals surface area contributed by atoms with Gasteiger partial charge in [0, 0.05) is 6.20 Å². The van der Waals surface area contributed by atoms with Crippen LogP contribution in [0.2, 0.25) is 0 Å². The molecule has 0 fully saturated rings. The predicted molar refractivity (Wildman–Crippen MR) is 111 cm³/mol. The molecule has 4 aromatic rings. The molecule has 0 spiro atoms. The van der Waals surface area contributed by atoms with Gasteiger partial charge in [-0.2, -0.15) is 13.2 Å². The minimum Gasteiger partial charge on any atom is -0.312 e. The van der Waals surface area contributed by atoms with E-state index in [9.17, 15) is 17.6 Å². The summed E-state index contributed by atoms with van der Waals surface area (Å²) in [5.74, 6) is -0.417. The second kappa shape index (κ2) is 7.91. The molecule has 0 saturated heterocycles. The molecule has 0 atom stereocenters. The molecule has 0 aliphatic carbocycles. The van der Waals surface area contributed by atoms with Crippen LogP contribution in [0.5, 0.6) is 0 Å². The van der Waals surface area contributed by atoms with Crippen LogP contribution in [-0.4, -0.2) is 9.13 Å². The Labute approximate surface area is 175 Å². The van der Waals surface area contributed by atoms with E-state index in [0.29, 0.717) is 16.0 Å². The van der Waals surface area contributed by atoms with E-state index < -0.39 is 17.6 Å². The van der Waals surface area contributed by atoms with Crippen molar-refractivity contribution < 1.29 is 17.6 Å². The van der Waals surface area contributed by atoms with Crippen LogP contribution in [0.25, 0.3) is 16.9 Å². The average Bonchev–Trinajstić information content (AvgIpc) is 3.05. The van der Waals surface area contributed by atoms with E-state index in [0.717, 1.165) is 23.4 Å². The molecule has 0 aliphatic rings. The number of rotatable bonds is 4. The summed E-state index contributed by atoms with van der Waals surface area (Å²) in [7, 11) is 0. The zero-order chi connectivity index (χ0) is 21.3. The Bertz CT molecular complexity index is 1220. The molecule has 0 bridgehead atoms. The molecule has 1 aromatic heterocycles. The summed E-state index contributed by atoms with van der Waals surface area (Å²) in [6.45, 7) is 0.253. The molecule has 3 aromatic carbocycles. The van der Waals surface area contributed by atoms with E-state index in [1.165, 1.54) is 18.2 Å². The van der Waals surface area contributed by atoms with Gasteiger partial charge >= 0.3 is 6.18 Å². The van der Waals surface area contributed by atoms with Crippen LogP contribution >= 0.6 is 12.2 Å². The third kappa shape index (κ3) is 3.93. The van der Waals surface area contributed by atoms with E-state index in [4.69, 9.17) is 12.2 Å². The zero-order valence-corrected chi connectivity index (χ0v) is 16.4. The van der Waals surface area contributed by atoms with Gasteiger partial charge in [-0.05, 0) is 47.6 Å². The van der Waals surface area contributed by atoms with Gasteiger partial charge in [-0.15, -0.1) is 0 Å². The minimum atomic E-state index is -4.39. The second-order valence-electron chi connectivity index (χ2n) is 6.77. The summed E-state index contributed by atoms with van der Waals surface area (Å²) < 4.78 is 56.7. The fourth-order valence-electron chi connectivity index (χ4n) is 3.27. The molecular weight excluding hydrogens is 412 g/mol. The molecule has 2 nitrogen and oxygen atoms in total. The second-order valence-corrected chi connectivity index (χ2v) is 7.13. The maximum Gasteiger partial charge on any atom is 0.416 e. The van der Waals surface area contributed by atoms with Crippen molar-refractivity contribution in [1.82, 2.24) is 9.13 Å². The van der Waals surface area contributed by atoms with Crippen LogP contribution in [0.15, 0.2) is 85.1 Å². The first-order valence-corrected chi connectivity index (χ1v) is 9.54. The van der Waals surface area contributed by atoms with Gasteiger partial charge in [-0.1, -0.05) is 54.6 Å². The number of para-hydroxylation sites is 1. The number of halogens is 4. The minimum absolute atomic E-state index is 0.253. The van der Waals surface area contributed by atoms with Crippen LogP contribution in [-0.2, 0) is 12.7 Å². The van der Waals surface area contributed by atoms with E-state index in [2.05, 4.69) is 0 Å². The first-order chi connectivity index (χ1) is 14.3. The third-order valence-corrected chi connectivity index (χ3v) is 5.20. The fraction of sp³-hybridized carbons (Fsp3) is 0.0870. The maximum atomic E-state index is 14.4. The largest absolute Gasteiger partial charge is 0.416 e. The van der Waals surface area contributed by atoms with E-state index in [-0.39, 0.29) is 6.54 Å². The van der Waals surface area contributed by atoms with Crippen LogP contribution in [0.4, 0.5) is 17.6 Å². The third-order valence-electron chi connectivity index (χ3n) is 4.78. The average molecular weight is 428 g/mol. The summed E-state index contributed by atoms with van der Waals surface area (Å²) >= 11 is 5.62. The Hall–Kier alpha value is -3.19. The maximum absolute atomic E-state index is 14.4. The van der Waals surface area contributed by atoms with Crippen LogP contribution < -0.4 is 0 Å². The highest BCUT2D eigenvalue weighted by Gasteiger charge is 2.30. The van der Waals surface area contributed by atoms with Crippen molar-refractivity contribution in [3.8, 4) is 16.9 Å². The standard InChI is InChI=1S/C23H16F4N2S/c24-19-8-4-5-9-20(19)29-15-21(17-6-2-1-3-7-17)28(22(29)30)14-16-10-12-18(13-11-16)23(25,26)27/h1-13,15H,14H2. The van der Waals surface area contributed by atoms with Crippen molar-refractivity contribution in [2.45, 2.75) is 12.7 Å². The molecule has 0 N–H and O–H groups in total. The Morgan fingerprint density at radius 1 is 0.800 bits per heavy atom. The fourth-order valence-corrected chi connectivity index (χ4v) is 3.59. The van der Waals surface area contributed by atoms with E-state index in [1.807, 2.05) is 30.3 Å². The van der Waals surface area contributed by atoms with Crippen molar-refractivity contribution >= 4 is 12.2 Å². The Balaban J connectivity index is 1.82. The van der Waals surface area contributed by atoms with Gasteiger partial charge in [0.25, 0.3) is 0 Å². The highest BCUT2D eigenvalue weighted by atomic mass is 32.1. The van der Waals surface area contributed by atoms with Gasteiger partial charge < -0.3 is 4.57 Å². The summed E-state index contributed by atoms with van der Waals surface area (Å²) in [6, 6.07) is 20.7. The number of nitrogens with zero attached hydrogens (tertiary/aromatic N) is 2. The van der Waals surface area contributed by atoms with Crippen LogP contribution in [0.1, 0.15) is 11.1 Å².